The molecule has 25 heavy (non-hydrogen) atoms. The van der Waals surface area contributed by atoms with Gasteiger partial charge in [-0.3, -0.25) is 14.9 Å². The average molecular weight is 383 g/mol. The van der Waals surface area contributed by atoms with Crippen LogP contribution in [0.1, 0.15) is 41.8 Å². The highest BCUT2D eigenvalue weighted by atomic mass is 32.1. The van der Waals surface area contributed by atoms with Gasteiger partial charge in [0.25, 0.3) is 5.91 Å². The van der Waals surface area contributed by atoms with Crippen molar-refractivity contribution in [3.05, 3.63) is 27.1 Å². The number of carbonyl (C=O) groups is 1. The average Bonchev–Trinajstić information content (AvgIpc) is 3.12. The first-order valence-electron chi connectivity index (χ1n) is 8.63. The van der Waals surface area contributed by atoms with E-state index in [0.717, 1.165) is 16.4 Å². The first-order valence-corrected chi connectivity index (χ1v) is 9.86. The third-order valence-electron chi connectivity index (χ3n) is 4.77. The number of thiocarbonyl (C=S) groups is 1. The van der Waals surface area contributed by atoms with Gasteiger partial charge in [0, 0.05) is 38.3 Å². The molecule has 0 aromatic carbocycles. The number of amides is 1. The first-order chi connectivity index (χ1) is 12.0. The maximum Gasteiger partial charge on any atom is 0.324 e. The molecule has 1 aromatic heterocycles. The number of thiophene rings is 1. The second-order valence-electron chi connectivity index (χ2n) is 6.46. The van der Waals surface area contributed by atoms with Crippen molar-refractivity contribution in [2.45, 2.75) is 38.1 Å². The lowest BCUT2D eigenvalue weighted by Crippen LogP contribution is -2.54. The van der Waals surface area contributed by atoms with Crippen LogP contribution in [0.4, 0.5) is 5.00 Å². The summed E-state index contributed by atoms with van der Waals surface area (Å²) < 4.78 is 0. The van der Waals surface area contributed by atoms with Crippen molar-refractivity contribution in [3.63, 3.8) is 0 Å². The number of hydrogen-bond donors (Lipinski definition) is 1. The third kappa shape index (κ3) is 4.46. The summed E-state index contributed by atoms with van der Waals surface area (Å²) in [5.41, 5.74) is 0. The highest BCUT2D eigenvalue weighted by Gasteiger charge is 2.26. The molecule has 9 heteroatoms. The van der Waals surface area contributed by atoms with E-state index >= 15 is 0 Å². The molecule has 7 nitrogen and oxygen atoms in total. The van der Waals surface area contributed by atoms with Gasteiger partial charge in [0.1, 0.15) is 0 Å². The summed E-state index contributed by atoms with van der Waals surface area (Å²) in [6, 6.07) is 3.40. The van der Waals surface area contributed by atoms with Gasteiger partial charge in [0.05, 0.1) is 9.80 Å². The Morgan fingerprint density at radius 2 is 1.80 bits per heavy atom. The summed E-state index contributed by atoms with van der Waals surface area (Å²) >= 11 is 6.45. The lowest BCUT2D eigenvalue weighted by molar-refractivity contribution is -0.380. The standard InChI is InChI=1S/C16H22N4O3S2/c21-15(13-6-7-14(25-13)20(22)23)18-8-10-19(11-9-18)16(24)17-12-4-2-1-3-5-12/h6-7,12H,1-5,8-11H2,(H,17,24). The van der Waals surface area contributed by atoms with E-state index in [0.29, 0.717) is 37.1 Å². The maximum atomic E-state index is 12.5. The van der Waals surface area contributed by atoms with Gasteiger partial charge in [-0.2, -0.15) is 0 Å². The van der Waals surface area contributed by atoms with Gasteiger partial charge in [0.15, 0.2) is 5.11 Å². The summed E-state index contributed by atoms with van der Waals surface area (Å²) in [5, 5.41) is 15.0. The Morgan fingerprint density at radius 1 is 1.16 bits per heavy atom. The molecule has 3 rings (SSSR count). The Bertz CT molecular complexity index is 650. The van der Waals surface area contributed by atoms with Gasteiger partial charge in [-0.25, -0.2) is 0 Å². The first kappa shape index (κ1) is 18.1. The van der Waals surface area contributed by atoms with E-state index in [4.69, 9.17) is 12.2 Å². The largest absolute Gasteiger partial charge is 0.360 e. The number of carbonyl (C=O) groups excluding carboxylic acids is 1. The van der Waals surface area contributed by atoms with Gasteiger partial charge < -0.3 is 15.1 Å². The van der Waals surface area contributed by atoms with E-state index in [1.54, 1.807) is 4.90 Å². The molecule has 1 amide bonds. The molecule has 0 atom stereocenters. The Labute approximate surface area is 156 Å². The molecule has 1 aliphatic carbocycles. The molecule has 2 fully saturated rings. The summed E-state index contributed by atoms with van der Waals surface area (Å²) in [5.74, 6) is -0.135. The van der Waals surface area contributed by atoms with Crippen LogP contribution < -0.4 is 5.32 Å². The predicted octanol–water partition coefficient (Wildman–Crippen LogP) is 2.62. The van der Waals surface area contributed by atoms with Crippen molar-refractivity contribution in [1.82, 2.24) is 15.1 Å². The highest BCUT2D eigenvalue weighted by molar-refractivity contribution is 7.80. The van der Waals surface area contributed by atoms with E-state index < -0.39 is 4.92 Å². The molecular formula is C16H22N4O3S2. The highest BCUT2D eigenvalue weighted by Crippen LogP contribution is 2.25. The summed E-state index contributed by atoms with van der Waals surface area (Å²) in [6.07, 6.45) is 6.18. The molecule has 1 aromatic rings. The molecular weight excluding hydrogens is 360 g/mol. The Balaban J connectivity index is 1.49. The number of hydrogen-bond acceptors (Lipinski definition) is 5. The van der Waals surface area contributed by atoms with Gasteiger partial charge in [-0.15, -0.1) is 0 Å². The van der Waals surface area contributed by atoms with E-state index in [2.05, 4.69) is 10.2 Å². The van der Waals surface area contributed by atoms with Crippen LogP contribution in [0.25, 0.3) is 0 Å². The topological polar surface area (TPSA) is 78.7 Å². The quantitative estimate of drug-likeness (QED) is 0.492. The van der Waals surface area contributed by atoms with Gasteiger partial charge in [0.2, 0.25) is 0 Å². The van der Waals surface area contributed by atoms with E-state index in [1.165, 1.54) is 44.2 Å². The van der Waals surface area contributed by atoms with Gasteiger partial charge >= 0.3 is 5.00 Å². The molecule has 136 valence electrons. The Morgan fingerprint density at radius 3 is 2.40 bits per heavy atom. The van der Waals surface area contributed by atoms with Crippen LogP contribution in [-0.2, 0) is 0 Å². The minimum absolute atomic E-state index is 0.000143. The monoisotopic (exact) mass is 382 g/mol. The number of rotatable bonds is 3. The smallest absolute Gasteiger partial charge is 0.324 e. The van der Waals surface area contributed by atoms with Crippen molar-refractivity contribution < 1.29 is 9.72 Å². The van der Waals surface area contributed by atoms with Crippen molar-refractivity contribution in [2.24, 2.45) is 0 Å². The van der Waals surface area contributed by atoms with Crippen LogP contribution in [0.15, 0.2) is 12.1 Å². The third-order valence-corrected chi connectivity index (χ3v) is 6.17. The molecule has 2 aliphatic rings. The molecule has 1 aliphatic heterocycles. The normalized spacial score (nSPS) is 18.9. The van der Waals surface area contributed by atoms with Crippen LogP contribution in [0, 0.1) is 10.1 Å². The molecule has 1 saturated heterocycles. The molecule has 0 bridgehead atoms. The lowest BCUT2D eigenvalue weighted by Gasteiger charge is -2.37. The lowest BCUT2D eigenvalue weighted by atomic mass is 9.96. The van der Waals surface area contributed by atoms with Gasteiger partial charge in [-0.05, 0) is 31.1 Å². The van der Waals surface area contributed by atoms with Crippen LogP contribution in [0.2, 0.25) is 0 Å². The summed E-state index contributed by atoms with van der Waals surface area (Å²) in [4.78, 5) is 27.1. The SMILES string of the molecule is O=C(c1ccc([N+](=O)[O-])s1)N1CCN(C(=S)NC2CCCCC2)CC1. The van der Waals surface area contributed by atoms with Gasteiger partial charge in [-0.1, -0.05) is 30.6 Å². The molecule has 0 unspecified atom stereocenters. The van der Waals surface area contributed by atoms with Crippen LogP contribution in [-0.4, -0.2) is 58.0 Å². The predicted molar refractivity (Wildman–Crippen MR) is 101 cm³/mol. The minimum Gasteiger partial charge on any atom is -0.360 e. The molecule has 1 N–H and O–H groups in total. The van der Waals surface area contributed by atoms with E-state index in [-0.39, 0.29) is 10.9 Å². The Hall–Kier alpha value is -1.74. The van der Waals surface area contributed by atoms with E-state index in [9.17, 15) is 14.9 Å². The van der Waals surface area contributed by atoms with E-state index in [1.807, 2.05) is 0 Å². The molecule has 2 heterocycles. The maximum absolute atomic E-state index is 12.5. The number of nitrogens with zero attached hydrogens (tertiary/aromatic N) is 3. The zero-order valence-corrected chi connectivity index (χ0v) is 15.6. The van der Waals surface area contributed by atoms with Crippen LogP contribution in [0.5, 0.6) is 0 Å². The van der Waals surface area contributed by atoms with Crippen molar-refractivity contribution >= 4 is 39.6 Å². The summed E-state index contributed by atoms with van der Waals surface area (Å²) in [7, 11) is 0. The number of nitro groups is 1. The molecule has 0 spiro atoms. The number of piperazine rings is 1. The molecule has 1 saturated carbocycles. The number of nitrogens with one attached hydrogen (secondary N) is 1. The minimum atomic E-state index is -0.464. The Kier molecular flexibility index (Phi) is 5.85. The second-order valence-corrected chi connectivity index (χ2v) is 7.91. The fraction of sp³-hybridized carbons (Fsp3) is 0.625. The van der Waals surface area contributed by atoms with Crippen LogP contribution >= 0.6 is 23.6 Å². The van der Waals surface area contributed by atoms with Crippen molar-refractivity contribution in [3.8, 4) is 0 Å². The van der Waals surface area contributed by atoms with Crippen LogP contribution in [0.3, 0.4) is 0 Å². The zero-order chi connectivity index (χ0) is 17.8. The fourth-order valence-electron chi connectivity index (χ4n) is 3.32. The zero-order valence-electron chi connectivity index (χ0n) is 14.0. The summed E-state index contributed by atoms with van der Waals surface area (Å²) in [6.45, 7) is 2.55. The molecule has 0 radical (unpaired) electrons. The second kappa shape index (κ2) is 8.09. The fourth-order valence-corrected chi connectivity index (χ4v) is 4.46. The van der Waals surface area contributed by atoms with Crippen molar-refractivity contribution in [1.29, 1.82) is 0 Å². The van der Waals surface area contributed by atoms with Crippen molar-refractivity contribution in [2.75, 3.05) is 26.2 Å².